The average Bonchev–Trinajstić information content (AvgIpc) is 3.40. The topological polar surface area (TPSA) is 113 Å². The SMILES string of the molecule is COc1ccc(-c2noc(COC(=O)C(NC(=O)c3ccccc3)c3ccccc3)n2)cc1OC. The summed E-state index contributed by atoms with van der Waals surface area (Å²) in [6, 6.07) is 21.6. The molecule has 1 unspecified atom stereocenters. The summed E-state index contributed by atoms with van der Waals surface area (Å²) in [5.41, 5.74) is 1.65. The minimum Gasteiger partial charge on any atom is -0.493 e. The van der Waals surface area contributed by atoms with E-state index in [1.165, 1.54) is 7.11 Å². The first kappa shape index (κ1) is 23.5. The molecule has 1 heterocycles. The Bertz CT molecular complexity index is 1290. The Balaban J connectivity index is 1.46. The Kier molecular flexibility index (Phi) is 7.37. The van der Waals surface area contributed by atoms with Crippen molar-refractivity contribution < 1.29 is 28.3 Å². The van der Waals surface area contributed by atoms with Crippen LogP contribution in [0.5, 0.6) is 11.5 Å². The normalized spacial score (nSPS) is 11.4. The van der Waals surface area contributed by atoms with Crippen molar-refractivity contribution in [3.05, 3.63) is 95.9 Å². The number of ether oxygens (including phenoxy) is 3. The minimum absolute atomic E-state index is 0.101. The highest BCUT2D eigenvalue weighted by Gasteiger charge is 2.25. The van der Waals surface area contributed by atoms with Gasteiger partial charge in [0.05, 0.1) is 14.2 Å². The van der Waals surface area contributed by atoms with E-state index in [1.807, 2.05) is 6.07 Å². The molecule has 4 aromatic rings. The first-order valence-electron chi connectivity index (χ1n) is 10.7. The van der Waals surface area contributed by atoms with Crippen LogP contribution in [0, 0.1) is 0 Å². The van der Waals surface area contributed by atoms with E-state index in [9.17, 15) is 9.59 Å². The third-order valence-corrected chi connectivity index (χ3v) is 5.13. The summed E-state index contributed by atoms with van der Waals surface area (Å²) in [5.74, 6) is 0.427. The van der Waals surface area contributed by atoms with Crippen molar-refractivity contribution in [3.8, 4) is 22.9 Å². The van der Waals surface area contributed by atoms with Gasteiger partial charge in [-0.05, 0) is 35.9 Å². The molecule has 0 saturated heterocycles. The molecule has 9 nitrogen and oxygen atoms in total. The lowest BCUT2D eigenvalue weighted by molar-refractivity contribution is -0.148. The van der Waals surface area contributed by atoms with E-state index in [1.54, 1.807) is 79.9 Å². The van der Waals surface area contributed by atoms with E-state index in [0.717, 1.165) is 0 Å². The quantitative estimate of drug-likeness (QED) is 0.364. The van der Waals surface area contributed by atoms with Crippen LogP contribution in [0.2, 0.25) is 0 Å². The van der Waals surface area contributed by atoms with Gasteiger partial charge >= 0.3 is 5.97 Å². The number of hydrogen-bond donors (Lipinski definition) is 1. The van der Waals surface area contributed by atoms with Gasteiger partial charge in [0.1, 0.15) is 0 Å². The van der Waals surface area contributed by atoms with Crippen molar-refractivity contribution in [2.75, 3.05) is 14.2 Å². The maximum Gasteiger partial charge on any atom is 0.333 e. The third kappa shape index (κ3) is 5.64. The molecule has 0 aliphatic rings. The number of methoxy groups -OCH3 is 2. The molecule has 9 heteroatoms. The molecule has 4 rings (SSSR count). The summed E-state index contributed by atoms with van der Waals surface area (Å²) in [7, 11) is 3.08. The van der Waals surface area contributed by atoms with Gasteiger partial charge in [0.25, 0.3) is 11.8 Å². The second kappa shape index (κ2) is 11.0. The van der Waals surface area contributed by atoms with E-state index in [0.29, 0.717) is 34.0 Å². The van der Waals surface area contributed by atoms with Crippen LogP contribution < -0.4 is 14.8 Å². The van der Waals surface area contributed by atoms with Crippen molar-refractivity contribution in [3.63, 3.8) is 0 Å². The summed E-state index contributed by atoms with van der Waals surface area (Å²) in [6.07, 6.45) is 0. The molecule has 0 radical (unpaired) electrons. The maximum atomic E-state index is 13.0. The number of esters is 1. The van der Waals surface area contributed by atoms with Gasteiger partial charge < -0.3 is 24.1 Å². The van der Waals surface area contributed by atoms with E-state index < -0.39 is 17.9 Å². The van der Waals surface area contributed by atoms with E-state index in [2.05, 4.69) is 15.5 Å². The molecule has 0 fully saturated rings. The number of nitrogens with one attached hydrogen (secondary N) is 1. The van der Waals surface area contributed by atoms with Crippen LogP contribution in [-0.4, -0.2) is 36.2 Å². The van der Waals surface area contributed by atoms with Gasteiger partial charge in [-0.3, -0.25) is 4.79 Å². The van der Waals surface area contributed by atoms with Crippen LogP contribution in [-0.2, 0) is 16.1 Å². The van der Waals surface area contributed by atoms with Crippen molar-refractivity contribution in [1.29, 1.82) is 0 Å². The molecular formula is C26H23N3O6. The second-order valence-electron chi connectivity index (χ2n) is 7.37. The Hall–Kier alpha value is -4.66. The number of benzene rings is 3. The van der Waals surface area contributed by atoms with Gasteiger partial charge in [-0.2, -0.15) is 4.98 Å². The Labute approximate surface area is 201 Å². The molecule has 0 aliphatic heterocycles. The molecule has 0 saturated carbocycles. The number of nitrogens with zero attached hydrogens (tertiary/aromatic N) is 2. The predicted molar refractivity (Wildman–Crippen MR) is 126 cm³/mol. The molecule has 1 atom stereocenters. The lowest BCUT2D eigenvalue weighted by atomic mass is 10.1. The highest BCUT2D eigenvalue weighted by molar-refractivity contribution is 5.97. The van der Waals surface area contributed by atoms with Gasteiger partial charge in [-0.1, -0.05) is 53.7 Å². The van der Waals surface area contributed by atoms with Crippen molar-refractivity contribution in [2.45, 2.75) is 12.6 Å². The van der Waals surface area contributed by atoms with Crippen LogP contribution in [0.15, 0.2) is 83.4 Å². The zero-order valence-electron chi connectivity index (χ0n) is 19.1. The number of aromatic nitrogens is 2. The van der Waals surface area contributed by atoms with Crippen LogP contribution in [0.4, 0.5) is 0 Å². The Morgan fingerprint density at radius 2 is 1.60 bits per heavy atom. The third-order valence-electron chi connectivity index (χ3n) is 5.13. The number of amides is 1. The monoisotopic (exact) mass is 473 g/mol. The molecule has 0 aliphatic carbocycles. The minimum atomic E-state index is -1.02. The molecular weight excluding hydrogens is 450 g/mol. The summed E-state index contributed by atoms with van der Waals surface area (Å²) in [5, 5.41) is 6.68. The number of hydrogen-bond acceptors (Lipinski definition) is 8. The van der Waals surface area contributed by atoms with Gasteiger partial charge in [-0.25, -0.2) is 4.79 Å². The smallest absolute Gasteiger partial charge is 0.333 e. The summed E-state index contributed by atoms with van der Waals surface area (Å²) >= 11 is 0. The number of rotatable bonds is 9. The summed E-state index contributed by atoms with van der Waals surface area (Å²) in [4.78, 5) is 29.9. The molecule has 1 amide bonds. The molecule has 1 N–H and O–H groups in total. The Morgan fingerprint density at radius 3 is 2.29 bits per heavy atom. The molecule has 3 aromatic carbocycles. The summed E-state index contributed by atoms with van der Waals surface area (Å²) in [6.45, 7) is -0.260. The van der Waals surface area contributed by atoms with E-state index in [-0.39, 0.29) is 12.5 Å². The first-order chi connectivity index (χ1) is 17.1. The number of carbonyl (C=O) groups excluding carboxylic acids is 2. The van der Waals surface area contributed by atoms with Crippen LogP contribution in [0.1, 0.15) is 27.9 Å². The molecule has 0 spiro atoms. The molecule has 1 aromatic heterocycles. The molecule has 35 heavy (non-hydrogen) atoms. The van der Waals surface area contributed by atoms with Crippen molar-refractivity contribution >= 4 is 11.9 Å². The van der Waals surface area contributed by atoms with Gasteiger partial charge in [0.15, 0.2) is 24.1 Å². The van der Waals surface area contributed by atoms with Gasteiger partial charge in [0, 0.05) is 11.1 Å². The fraction of sp³-hybridized carbons (Fsp3) is 0.154. The van der Waals surface area contributed by atoms with E-state index in [4.69, 9.17) is 18.7 Å². The second-order valence-corrected chi connectivity index (χ2v) is 7.37. The van der Waals surface area contributed by atoms with Crippen LogP contribution >= 0.6 is 0 Å². The fourth-order valence-electron chi connectivity index (χ4n) is 3.35. The Morgan fingerprint density at radius 1 is 0.914 bits per heavy atom. The van der Waals surface area contributed by atoms with Gasteiger partial charge in [0.2, 0.25) is 5.82 Å². The lowest BCUT2D eigenvalue weighted by Gasteiger charge is -2.17. The fourth-order valence-corrected chi connectivity index (χ4v) is 3.35. The maximum absolute atomic E-state index is 13.0. The van der Waals surface area contributed by atoms with Crippen molar-refractivity contribution in [1.82, 2.24) is 15.5 Å². The number of carbonyl (C=O) groups is 2. The standard InChI is InChI=1S/C26H23N3O6/c1-32-20-14-13-19(15-21(20)33-2)24-27-22(35-29-24)16-34-26(31)23(17-9-5-3-6-10-17)28-25(30)18-11-7-4-8-12-18/h3-15,23H,16H2,1-2H3,(H,28,30). The highest BCUT2D eigenvalue weighted by Crippen LogP contribution is 2.31. The largest absolute Gasteiger partial charge is 0.493 e. The van der Waals surface area contributed by atoms with Crippen molar-refractivity contribution in [2.24, 2.45) is 0 Å². The van der Waals surface area contributed by atoms with Gasteiger partial charge in [-0.15, -0.1) is 0 Å². The average molecular weight is 473 g/mol. The van der Waals surface area contributed by atoms with Crippen LogP contribution in [0.25, 0.3) is 11.4 Å². The lowest BCUT2D eigenvalue weighted by Crippen LogP contribution is -2.34. The molecule has 178 valence electrons. The first-order valence-corrected chi connectivity index (χ1v) is 10.7. The van der Waals surface area contributed by atoms with E-state index >= 15 is 0 Å². The van der Waals surface area contributed by atoms with Crippen LogP contribution in [0.3, 0.4) is 0 Å². The highest BCUT2D eigenvalue weighted by atomic mass is 16.6. The zero-order valence-corrected chi connectivity index (χ0v) is 19.1. The summed E-state index contributed by atoms with van der Waals surface area (Å²) < 4.78 is 21.2. The molecule has 0 bridgehead atoms. The zero-order chi connectivity index (χ0) is 24.6. The predicted octanol–water partition coefficient (Wildman–Crippen LogP) is 3.97.